The van der Waals surface area contributed by atoms with Gasteiger partial charge in [-0.05, 0) is 57.0 Å². The molecule has 2 N–H and O–H groups in total. The Morgan fingerprint density at radius 2 is 1.36 bits per heavy atom. The van der Waals surface area contributed by atoms with Crippen molar-refractivity contribution >= 4 is 27.7 Å². The highest BCUT2D eigenvalue weighted by atomic mass is 32.2. The third-order valence-electron chi connectivity index (χ3n) is 8.08. The minimum Gasteiger partial charge on any atom is -0.342 e. The van der Waals surface area contributed by atoms with Crippen LogP contribution >= 0.6 is 0 Å². The Balaban J connectivity index is 2.37. The van der Waals surface area contributed by atoms with Crippen LogP contribution in [0.15, 0.2) is 71.3 Å². The number of amides is 3. The van der Waals surface area contributed by atoms with Gasteiger partial charge in [0, 0.05) is 18.2 Å². The van der Waals surface area contributed by atoms with Crippen molar-refractivity contribution in [1.82, 2.24) is 19.8 Å². The zero-order chi connectivity index (χ0) is 34.5. The Kier molecular flexibility index (Phi) is 12.3. The van der Waals surface area contributed by atoms with E-state index in [1.807, 2.05) is 105 Å². The molecule has 3 amide bonds. The summed E-state index contributed by atoms with van der Waals surface area (Å²) in [5.41, 5.74) is 1.20. The minimum absolute atomic E-state index is 0.00996. The Bertz CT molecular complexity index is 1470. The molecule has 1 unspecified atom stereocenters. The lowest BCUT2D eigenvalue weighted by Gasteiger charge is -2.41. The molecular weight excluding hydrogens is 588 g/mol. The van der Waals surface area contributed by atoms with E-state index in [1.165, 1.54) is 17.0 Å². The van der Waals surface area contributed by atoms with Gasteiger partial charge in [0.2, 0.25) is 17.7 Å². The van der Waals surface area contributed by atoms with E-state index in [0.29, 0.717) is 5.70 Å². The number of sulfonamides is 1. The number of nitrogens with one attached hydrogen (secondary N) is 2. The number of carbonyl (C=O) groups excluding carboxylic acids is 3. The van der Waals surface area contributed by atoms with Crippen LogP contribution in [0.1, 0.15) is 66.5 Å². The van der Waals surface area contributed by atoms with Crippen LogP contribution in [0.4, 0.5) is 0 Å². The van der Waals surface area contributed by atoms with Crippen LogP contribution in [0, 0.1) is 24.2 Å². The predicted octanol–water partition coefficient (Wildman–Crippen LogP) is 4.87. The molecule has 0 saturated heterocycles. The summed E-state index contributed by atoms with van der Waals surface area (Å²) in [5, 5.41) is 3.06. The van der Waals surface area contributed by atoms with Gasteiger partial charge in [0.25, 0.3) is 10.0 Å². The summed E-state index contributed by atoms with van der Waals surface area (Å²) in [6.45, 7) is 16.9. The molecule has 10 heteroatoms. The third-order valence-corrected chi connectivity index (χ3v) is 9.44. The van der Waals surface area contributed by atoms with E-state index in [-0.39, 0.29) is 22.6 Å². The Hall–Kier alpha value is -3.50. The maximum absolute atomic E-state index is 14.1. The van der Waals surface area contributed by atoms with E-state index in [0.717, 1.165) is 11.1 Å². The molecule has 0 saturated carbocycles. The molecule has 0 aliphatic heterocycles. The first-order valence-corrected chi connectivity index (χ1v) is 16.7. The Labute approximate surface area is 270 Å². The second-order valence-corrected chi connectivity index (χ2v) is 15.7. The molecule has 0 aliphatic rings. The molecule has 2 aromatic carbocycles. The van der Waals surface area contributed by atoms with Gasteiger partial charge in [-0.2, -0.15) is 0 Å². The zero-order valence-corrected chi connectivity index (χ0v) is 29.7. The van der Waals surface area contributed by atoms with E-state index in [2.05, 4.69) is 10.0 Å². The quantitative estimate of drug-likeness (QED) is 0.342. The number of allylic oxidation sites excluding steroid dienone is 1. The summed E-state index contributed by atoms with van der Waals surface area (Å²) in [5.74, 6) is -2.39. The first-order chi connectivity index (χ1) is 20.6. The first-order valence-electron chi connectivity index (χ1n) is 15.3. The first kappa shape index (κ1) is 37.7. The lowest BCUT2D eigenvalue weighted by molar-refractivity contribution is -0.139. The fourth-order valence-corrected chi connectivity index (χ4v) is 6.51. The van der Waals surface area contributed by atoms with Crippen LogP contribution in [-0.4, -0.2) is 69.2 Å². The smallest absolute Gasteiger partial charge is 0.264 e. The number of rotatable bonds is 12. The number of hydrogen-bond acceptors (Lipinski definition) is 6. The highest BCUT2D eigenvalue weighted by Gasteiger charge is 2.42. The van der Waals surface area contributed by atoms with Crippen molar-refractivity contribution in [3.63, 3.8) is 0 Å². The lowest BCUT2D eigenvalue weighted by Crippen LogP contribution is -2.61. The summed E-state index contributed by atoms with van der Waals surface area (Å²) in [6.07, 6.45) is 1.60. The van der Waals surface area contributed by atoms with Crippen LogP contribution < -0.4 is 10.0 Å². The molecule has 248 valence electrons. The molecule has 0 bridgehead atoms. The van der Waals surface area contributed by atoms with Crippen molar-refractivity contribution in [3.8, 4) is 0 Å². The molecule has 45 heavy (non-hydrogen) atoms. The Morgan fingerprint density at radius 3 is 1.82 bits per heavy atom. The van der Waals surface area contributed by atoms with Crippen molar-refractivity contribution in [3.05, 3.63) is 77.5 Å². The molecule has 2 rings (SSSR count). The van der Waals surface area contributed by atoms with Crippen molar-refractivity contribution in [2.45, 2.75) is 84.7 Å². The summed E-state index contributed by atoms with van der Waals surface area (Å²) >= 11 is 0. The lowest BCUT2D eigenvalue weighted by atomic mass is 9.76. The van der Waals surface area contributed by atoms with Crippen LogP contribution in [0.25, 0.3) is 0 Å². The topological polar surface area (TPSA) is 116 Å². The average Bonchev–Trinajstić information content (AvgIpc) is 2.93. The van der Waals surface area contributed by atoms with Crippen molar-refractivity contribution in [2.75, 3.05) is 21.1 Å². The molecule has 0 spiro atoms. The van der Waals surface area contributed by atoms with E-state index < -0.39 is 44.8 Å². The number of hydrogen-bond donors (Lipinski definition) is 2. The van der Waals surface area contributed by atoms with Crippen molar-refractivity contribution < 1.29 is 22.8 Å². The maximum atomic E-state index is 14.1. The molecule has 0 radical (unpaired) electrons. The fraction of sp³-hybridized carbons (Fsp3) is 0.514. The van der Waals surface area contributed by atoms with Gasteiger partial charge in [0.05, 0.1) is 16.9 Å². The number of nitrogens with zero attached hydrogens (tertiary/aromatic N) is 2. The average molecular weight is 641 g/mol. The number of aryl methyl sites for hydroxylation is 1. The fourth-order valence-electron chi connectivity index (χ4n) is 5.45. The van der Waals surface area contributed by atoms with Gasteiger partial charge >= 0.3 is 0 Å². The molecule has 9 nitrogen and oxygen atoms in total. The largest absolute Gasteiger partial charge is 0.342 e. The van der Waals surface area contributed by atoms with E-state index in [1.54, 1.807) is 32.2 Å². The third kappa shape index (κ3) is 9.50. The SMILES string of the molecule is Cc1ccc(S(=O)(=O)NC(=O)C(C)/C=C(\C(C)C)N(C)C(=O)[C@@H](NC(=O)[C@@H](N(C)C)C(C)(C)c2ccccc2)C(C)(C)C)cc1. The van der Waals surface area contributed by atoms with Gasteiger partial charge in [-0.3, -0.25) is 19.3 Å². The van der Waals surface area contributed by atoms with Gasteiger partial charge in [0.1, 0.15) is 6.04 Å². The van der Waals surface area contributed by atoms with Crippen LogP contribution in [0.5, 0.6) is 0 Å². The van der Waals surface area contributed by atoms with Gasteiger partial charge in [-0.15, -0.1) is 0 Å². The summed E-state index contributed by atoms with van der Waals surface area (Å²) < 4.78 is 27.8. The van der Waals surface area contributed by atoms with Crippen LogP contribution in [0.2, 0.25) is 0 Å². The molecule has 2 aromatic rings. The van der Waals surface area contributed by atoms with Crippen LogP contribution in [-0.2, 0) is 29.8 Å². The second-order valence-electron chi connectivity index (χ2n) is 14.0. The molecule has 0 fully saturated rings. The number of likely N-dealkylation sites (N-methyl/N-ethyl adjacent to an activating group) is 2. The standard InChI is InChI=1S/C35H52N4O5S/c1-23(2)28(22-25(4)31(40)37-45(43,44)27-20-18-24(3)19-21-27)39(12)33(42)29(34(5,6)7)36-32(41)30(38(10)11)35(8,9)26-16-14-13-15-17-26/h13-23,25,29-30H,1-12H3,(H,36,41)(H,37,40)/b28-22+/t25?,29-,30-/m1/s1. The highest BCUT2D eigenvalue weighted by molar-refractivity contribution is 7.90. The Morgan fingerprint density at radius 1 is 0.822 bits per heavy atom. The van der Waals surface area contributed by atoms with Crippen molar-refractivity contribution in [1.29, 1.82) is 0 Å². The monoisotopic (exact) mass is 640 g/mol. The number of benzene rings is 2. The maximum Gasteiger partial charge on any atom is 0.264 e. The molecular formula is C35H52N4O5S. The molecule has 0 heterocycles. The molecule has 3 atom stereocenters. The van der Waals surface area contributed by atoms with Gasteiger partial charge in [-0.1, -0.05) is 103 Å². The van der Waals surface area contributed by atoms with Crippen molar-refractivity contribution in [2.24, 2.45) is 17.3 Å². The van der Waals surface area contributed by atoms with E-state index >= 15 is 0 Å². The predicted molar refractivity (Wildman–Crippen MR) is 180 cm³/mol. The second kappa shape index (κ2) is 14.7. The summed E-state index contributed by atoms with van der Waals surface area (Å²) in [7, 11) is 1.24. The van der Waals surface area contributed by atoms with Gasteiger partial charge in [0.15, 0.2) is 0 Å². The summed E-state index contributed by atoms with van der Waals surface area (Å²) in [6, 6.07) is 14.5. The number of carbonyl (C=O) groups is 3. The van der Waals surface area contributed by atoms with Crippen LogP contribution in [0.3, 0.4) is 0 Å². The minimum atomic E-state index is -4.07. The summed E-state index contributed by atoms with van der Waals surface area (Å²) in [4.78, 5) is 44.5. The van der Waals surface area contributed by atoms with E-state index in [9.17, 15) is 22.8 Å². The normalized spacial score (nSPS) is 14.9. The van der Waals surface area contributed by atoms with Gasteiger partial charge < -0.3 is 10.2 Å². The molecule has 0 aliphatic carbocycles. The molecule has 0 aromatic heterocycles. The zero-order valence-electron chi connectivity index (χ0n) is 28.9. The van der Waals surface area contributed by atoms with Gasteiger partial charge in [-0.25, -0.2) is 13.1 Å². The highest BCUT2D eigenvalue weighted by Crippen LogP contribution is 2.31. The van der Waals surface area contributed by atoms with E-state index in [4.69, 9.17) is 0 Å².